The zero-order valence-electron chi connectivity index (χ0n) is 13.1. The number of ether oxygens (including phenoxy) is 2. The molecule has 5 nitrogen and oxygen atoms in total. The van der Waals surface area contributed by atoms with Gasteiger partial charge in [0.2, 0.25) is 0 Å². The highest BCUT2D eigenvalue weighted by molar-refractivity contribution is 14.0. The van der Waals surface area contributed by atoms with Gasteiger partial charge in [0.25, 0.3) is 0 Å². The number of rotatable bonds is 6. The first-order valence-electron chi connectivity index (χ1n) is 7.56. The molecular formula is C16H26IN3O2. The van der Waals surface area contributed by atoms with Gasteiger partial charge in [-0.1, -0.05) is 30.3 Å². The van der Waals surface area contributed by atoms with Crippen molar-refractivity contribution < 1.29 is 9.47 Å². The van der Waals surface area contributed by atoms with Crippen molar-refractivity contribution in [2.45, 2.75) is 19.4 Å². The molecule has 0 aliphatic carbocycles. The molecule has 0 saturated carbocycles. The van der Waals surface area contributed by atoms with E-state index < -0.39 is 0 Å². The molecule has 6 heteroatoms. The van der Waals surface area contributed by atoms with Crippen LogP contribution in [0.25, 0.3) is 0 Å². The zero-order valence-corrected chi connectivity index (χ0v) is 15.4. The maximum Gasteiger partial charge on any atom is 0.191 e. The van der Waals surface area contributed by atoms with Gasteiger partial charge in [0.05, 0.1) is 19.3 Å². The molecule has 0 spiro atoms. The standard InChI is InChI=1S/C16H25N3O2.HI/c1-14(15-6-3-2-4-7-15)21-11-5-8-18-16(17)19-9-12-20-13-10-19;/h2-4,6-7,14H,5,8-13H2,1H3,(H2,17,18);1H. The predicted molar refractivity (Wildman–Crippen MR) is 99.7 cm³/mol. The van der Waals surface area contributed by atoms with Crippen LogP contribution in [-0.2, 0) is 9.47 Å². The van der Waals surface area contributed by atoms with Gasteiger partial charge in [-0.05, 0) is 18.9 Å². The largest absolute Gasteiger partial charge is 0.378 e. The molecule has 0 aromatic heterocycles. The highest BCUT2D eigenvalue weighted by Gasteiger charge is 2.11. The number of hydrogen-bond acceptors (Lipinski definition) is 3. The molecule has 2 N–H and O–H groups in total. The molecule has 0 radical (unpaired) electrons. The minimum atomic E-state index is 0. The highest BCUT2D eigenvalue weighted by Crippen LogP contribution is 2.15. The number of aliphatic imine (C=N–C) groups is 1. The second kappa shape index (κ2) is 10.8. The van der Waals surface area contributed by atoms with E-state index in [1.54, 1.807) is 0 Å². The fourth-order valence-electron chi connectivity index (χ4n) is 2.23. The third kappa shape index (κ3) is 6.50. The molecule has 1 aliphatic rings. The summed E-state index contributed by atoms with van der Waals surface area (Å²) >= 11 is 0. The Morgan fingerprint density at radius 3 is 2.68 bits per heavy atom. The third-order valence-corrected chi connectivity index (χ3v) is 3.55. The first-order valence-corrected chi connectivity index (χ1v) is 7.56. The van der Waals surface area contributed by atoms with Crippen LogP contribution in [0.2, 0.25) is 0 Å². The molecule has 1 unspecified atom stereocenters. The molecule has 124 valence electrons. The van der Waals surface area contributed by atoms with Gasteiger partial charge >= 0.3 is 0 Å². The molecule has 1 aromatic carbocycles. The summed E-state index contributed by atoms with van der Waals surface area (Å²) in [5, 5.41) is 0. The summed E-state index contributed by atoms with van der Waals surface area (Å²) in [6.07, 6.45) is 0.995. The van der Waals surface area contributed by atoms with Crippen LogP contribution in [0.3, 0.4) is 0 Å². The number of hydrogen-bond donors (Lipinski definition) is 1. The number of guanidine groups is 1. The van der Waals surface area contributed by atoms with Crippen molar-refractivity contribution in [1.29, 1.82) is 0 Å². The second-order valence-electron chi connectivity index (χ2n) is 5.12. The average molecular weight is 419 g/mol. The van der Waals surface area contributed by atoms with Crippen molar-refractivity contribution in [3.8, 4) is 0 Å². The van der Waals surface area contributed by atoms with Gasteiger partial charge in [-0.15, -0.1) is 24.0 Å². The molecule has 1 aliphatic heterocycles. The van der Waals surface area contributed by atoms with Crippen LogP contribution in [0.5, 0.6) is 0 Å². The summed E-state index contributed by atoms with van der Waals surface area (Å²) in [7, 11) is 0. The minimum Gasteiger partial charge on any atom is -0.378 e. The van der Waals surface area contributed by atoms with E-state index in [0.29, 0.717) is 19.1 Å². The molecule has 1 saturated heterocycles. The number of nitrogens with zero attached hydrogens (tertiary/aromatic N) is 2. The Balaban J connectivity index is 0.00000242. The molecule has 0 bridgehead atoms. The van der Waals surface area contributed by atoms with Crippen LogP contribution in [0.1, 0.15) is 25.0 Å². The molecule has 2 rings (SSSR count). The van der Waals surface area contributed by atoms with E-state index in [1.165, 1.54) is 5.56 Å². The maximum atomic E-state index is 5.96. The van der Waals surface area contributed by atoms with E-state index >= 15 is 0 Å². The predicted octanol–water partition coefficient (Wildman–Crippen LogP) is 2.42. The van der Waals surface area contributed by atoms with Crippen LogP contribution in [-0.4, -0.2) is 50.3 Å². The number of halogens is 1. The van der Waals surface area contributed by atoms with Gasteiger partial charge < -0.3 is 20.1 Å². The molecule has 1 aromatic rings. The van der Waals surface area contributed by atoms with Crippen LogP contribution in [0, 0.1) is 0 Å². The Morgan fingerprint density at radius 2 is 2.00 bits per heavy atom. The fourth-order valence-corrected chi connectivity index (χ4v) is 2.23. The van der Waals surface area contributed by atoms with E-state index in [0.717, 1.165) is 32.7 Å². The van der Waals surface area contributed by atoms with Crippen LogP contribution < -0.4 is 5.73 Å². The van der Waals surface area contributed by atoms with Gasteiger partial charge in [0.1, 0.15) is 0 Å². The molecule has 1 heterocycles. The quantitative estimate of drug-likeness (QED) is 0.333. The van der Waals surface area contributed by atoms with Crippen molar-refractivity contribution in [2.24, 2.45) is 10.7 Å². The molecule has 1 atom stereocenters. The number of nitrogens with two attached hydrogens (primary N) is 1. The Morgan fingerprint density at radius 1 is 1.32 bits per heavy atom. The van der Waals surface area contributed by atoms with Crippen LogP contribution in [0.15, 0.2) is 35.3 Å². The van der Waals surface area contributed by atoms with Crippen LogP contribution in [0.4, 0.5) is 0 Å². The lowest BCUT2D eigenvalue weighted by molar-refractivity contribution is 0.0641. The van der Waals surface area contributed by atoms with Crippen molar-refractivity contribution in [3.63, 3.8) is 0 Å². The highest BCUT2D eigenvalue weighted by atomic mass is 127. The average Bonchev–Trinajstić information content (AvgIpc) is 2.55. The van der Waals surface area contributed by atoms with Gasteiger partial charge in [0.15, 0.2) is 5.96 Å². The minimum absolute atomic E-state index is 0. The van der Waals surface area contributed by atoms with E-state index in [-0.39, 0.29) is 30.1 Å². The van der Waals surface area contributed by atoms with E-state index in [1.807, 2.05) is 18.2 Å². The fraction of sp³-hybridized carbons (Fsp3) is 0.562. The molecule has 1 fully saturated rings. The Labute approximate surface area is 149 Å². The van der Waals surface area contributed by atoms with Crippen LogP contribution >= 0.6 is 24.0 Å². The summed E-state index contributed by atoms with van der Waals surface area (Å²) < 4.78 is 11.1. The van der Waals surface area contributed by atoms with E-state index in [9.17, 15) is 0 Å². The zero-order chi connectivity index (χ0) is 14.9. The van der Waals surface area contributed by atoms with Gasteiger partial charge in [-0.2, -0.15) is 0 Å². The summed E-state index contributed by atoms with van der Waals surface area (Å²) in [5.74, 6) is 0.620. The van der Waals surface area contributed by atoms with Crippen molar-refractivity contribution >= 4 is 29.9 Å². The van der Waals surface area contributed by atoms with E-state index in [2.05, 4.69) is 28.9 Å². The Hall–Kier alpha value is -0.860. The Bertz CT molecular complexity index is 436. The molecule has 0 amide bonds. The van der Waals surface area contributed by atoms with Crippen molar-refractivity contribution in [1.82, 2.24) is 4.90 Å². The molecule has 22 heavy (non-hydrogen) atoms. The van der Waals surface area contributed by atoms with Crippen molar-refractivity contribution in [2.75, 3.05) is 39.5 Å². The number of morpholine rings is 1. The van der Waals surface area contributed by atoms with Gasteiger partial charge in [0, 0.05) is 26.2 Å². The summed E-state index contributed by atoms with van der Waals surface area (Å²) in [4.78, 5) is 6.47. The molecular weight excluding hydrogens is 393 g/mol. The van der Waals surface area contributed by atoms with E-state index in [4.69, 9.17) is 15.2 Å². The van der Waals surface area contributed by atoms with Gasteiger partial charge in [-0.25, -0.2) is 0 Å². The number of benzene rings is 1. The lowest BCUT2D eigenvalue weighted by atomic mass is 10.1. The van der Waals surface area contributed by atoms with Gasteiger partial charge in [-0.3, -0.25) is 4.99 Å². The first-order chi connectivity index (χ1) is 10.3. The van der Waals surface area contributed by atoms with Crippen molar-refractivity contribution in [3.05, 3.63) is 35.9 Å². The summed E-state index contributed by atoms with van der Waals surface area (Å²) in [6, 6.07) is 10.2. The summed E-state index contributed by atoms with van der Waals surface area (Å²) in [5.41, 5.74) is 7.16. The smallest absolute Gasteiger partial charge is 0.191 e. The monoisotopic (exact) mass is 419 g/mol. The first kappa shape index (κ1) is 19.2. The Kier molecular flexibility index (Phi) is 9.42. The second-order valence-corrected chi connectivity index (χ2v) is 5.12. The SMILES string of the molecule is CC(OCCCN=C(N)N1CCOCC1)c1ccccc1.I. The topological polar surface area (TPSA) is 60.1 Å². The maximum absolute atomic E-state index is 5.96. The lowest BCUT2D eigenvalue weighted by Gasteiger charge is -2.27. The normalized spacial score (nSPS) is 17.0. The summed E-state index contributed by atoms with van der Waals surface area (Å²) in [6.45, 7) is 6.58. The lowest BCUT2D eigenvalue weighted by Crippen LogP contribution is -2.44. The third-order valence-electron chi connectivity index (χ3n) is 3.55.